The highest BCUT2D eigenvalue weighted by Gasteiger charge is 2.15. The summed E-state index contributed by atoms with van der Waals surface area (Å²) in [5.74, 6) is -0.0676. The van der Waals surface area contributed by atoms with Crippen LogP contribution in [0.2, 0.25) is 0 Å². The summed E-state index contributed by atoms with van der Waals surface area (Å²) < 4.78 is 28.5. The first-order valence-corrected chi connectivity index (χ1v) is 8.79. The van der Waals surface area contributed by atoms with Gasteiger partial charge in [0.1, 0.15) is 10.6 Å². The molecular formula is C19H17NO4S. The Morgan fingerprint density at radius 1 is 0.720 bits per heavy atom. The van der Waals surface area contributed by atoms with Gasteiger partial charge in [0.2, 0.25) is 5.91 Å². The van der Waals surface area contributed by atoms with Crippen LogP contribution < -0.4 is 9.92 Å². The van der Waals surface area contributed by atoms with Crippen molar-refractivity contribution in [2.75, 3.05) is 0 Å². The summed E-state index contributed by atoms with van der Waals surface area (Å²) in [5.41, 5.74) is 5.53. The lowest BCUT2D eigenvalue weighted by atomic mass is 10.2. The Bertz CT molecular complexity index is 896. The van der Waals surface area contributed by atoms with Gasteiger partial charge in [-0.25, -0.2) is 0 Å². The zero-order valence-electron chi connectivity index (χ0n) is 13.3. The summed E-state index contributed by atoms with van der Waals surface area (Å²) >= 11 is 0. The Hall–Kier alpha value is -3.12. The van der Waals surface area contributed by atoms with Crippen LogP contribution in [-0.2, 0) is 10.1 Å². The normalized spacial score (nSPS) is 10.2. The van der Waals surface area contributed by atoms with Crippen LogP contribution in [-0.4, -0.2) is 14.3 Å². The van der Waals surface area contributed by atoms with E-state index in [-0.39, 0.29) is 10.8 Å². The van der Waals surface area contributed by atoms with Gasteiger partial charge < -0.3 is 9.92 Å². The number of para-hydroxylation sites is 1. The zero-order valence-corrected chi connectivity index (χ0v) is 14.1. The lowest BCUT2D eigenvalue weighted by molar-refractivity contribution is 0.100. The van der Waals surface area contributed by atoms with Crippen molar-refractivity contribution < 1.29 is 17.4 Å². The predicted molar refractivity (Wildman–Crippen MR) is 95.7 cm³/mol. The van der Waals surface area contributed by atoms with Crippen molar-refractivity contribution in [1.82, 2.24) is 0 Å². The van der Waals surface area contributed by atoms with Gasteiger partial charge in [-0.05, 0) is 36.4 Å². The highest BCUT2D eigenvalue weighted by molar-refractivity contribution is 7.87. The summed E-state index contributed by atoms with van der Waals surface area (Å²) in [7, 11) is -3.71. The summed E-state index contributed by atoms with van der Waals surface area (Å²) in [4.78, 5) is 10.6. The van der Waals surface area contributed by atoms with Crippen LogP contribution in [0.15, 0.2) is 95.9 Å². The average Bonchev–Trinajstić information content (AvgIpc) is 2.64. The third-order valence-electron chi connectivity index (χ3n) is 3.04. The number of nitrogens with two attached hydrogens (primary N) is 1. The van der Waals surface area contributed by atoms with Crippen LogP contribution in [0, 0.1) is 0 Å². The molecule has 0 aliphatic heterocycles. The van der Waals surface area contributed by atoms with Crippen LogP contribution in [0.25, 0.3) is 0 Å². The molecule has 0 saturated carbocycles. The molecule has 1 amide bonds. The first-order valence-electron chi connectivity index (χ1n) is 7.38. The van der Waals surface area contributed by atoms with E-state index in [9.17, 15) is 13.2 Å². The van der Waals surface area contributed by atoms with Gasteiger partial charge in [0.25, 0.3) is 0 Å². The molecule has 0 atom stereocenters. The molecule has 128 valence electrons. The minimum absolute atomic E-state index is 0.152. The minimum Gasteiger partial charge on any atom is -0.379 e. The van der Waals surface area contributed by atoms with E-state index in [1.54, 1.807) is 72.8 Å². The number of hydrogen-bond acceptors (Lipinski definition) is 4. The number of carbonyl (C=O) groups excluding carboxylic acids is 1. The van der Waals surface area contributed by atoms with Gasteiger partial charge in [-0.15, -0.1) is 0 Å². The van der Waals surface area contributed by atoms with Crippen LogP contribution in [0.1, 0.15) is 10.4 Å². The molecule has 2 N–H and O–H groups in total. The molecule has 0 saturated heterocycles. The quantitative estimate of drug-likeness (QED) is 0.728. The van der Waals surface area contributed by atoms with Gasteiger partial charge in [-0.3, -0.25) is 4.79 Å². The highest BCUT2D eigenvalue weighted by atomic mass is 32.2. The van der Waals surface area contributed by atoms with Crippen molar-refractivity contribution in [3.05, 3.63) is 96.6 Å². The van der Waals surface area contributed by atoms with Crippen molar-refractivity contribution in [3.63, 3.8) is 0 Å². The first kappa shape index (κ1) is 18.2. The molecule has 0 aromatic heterocycles. The van der Waals surface area contributed by atoms with E-state index in [2.05, 4.69) is 0 Å². The molecule has 0 fully saturated rings. The van der Waals surface area contributed by atoms with E-state index in [4.69, 9.17) is 9.92 Å². The molecule has 3 aromatic rings. The highest BCUT2D eigenvalue weighted by Crippen LogP contribution is 2.17. The summed E-state index contributed by atoms with van der Waals surface area (Å²) in [6.45, 7) is 0. The van der Waals surface area contributed by atoms with Crippen LogP contribution in [0.3, 0.4) is 0 Å². The monoisotopic (exact) mass is 355 g/mol. The van der Waals surface area contributed by atoms with Crippen molar-refractivity contribution in [2.24, 2.45) is 5.73 Å². The van der Waals surface area contributed by atoms with E-state index in [1.165, 1.54) is 12.1 Å². The van der Waals surface area contributed by atoms with Crippen LogP contribution in [0.4, 0.5) is 0 Å². The van der Waals surface area contributed by atoms with Gasteiger partial charge in [-0.1, -0.05) is 54.6 Å². The van der Waals surface area contributed by atoms with Crippen molar-refractivity contribution in [1.29, 1.82) is 0 Å². The maximum atomic E-state index is 11.8. The van der Waals surface area contributed by atoms with E-state index in [1.807, 2.05) is 6.07 Å². The second kappa shape index (κ2) is 8.65. The number of carbonyl (C=O) groups is 1. The van der Waals surface area contributed by atoms with Crippen molar-refractivity contribution in [3.8, 4) is 5.75 Å². The number of primary amides is 1. The van der Waals surface area contributed by atoms with Crippen molar-refractivity contribution >= 4 is 16.0 Å². The maximum absolute atomic E-state index is 11.8. The lowest BCUT2D eigenvalue weighted by Crippen LogP contribution is -2.09. The maximum Gasteiger partial charge on any atom is 0.339 e. The number of amides is 1. The summed E-state index contributed by atoms with van der Waals surface area (Å²) in [6, 6.07) is 25.2. The van der Waals surface area contributed by atoms with Gasteiger partial charge >= 0.3 is 10.1 Å². The van der Waals surface area contributed by atoms with Gasteiger partial charge in [0, 0.05) is 5.56 Å². The van der Waals surface area contributed by atoms with Crippen molar-refractivity contribution in [2.45, 2.75) is 4.90 Å². The molecule has 0 bridgehead atoms. The Morgan fingerprint density at radius 3 is 1.60 bits per heavy atom. The molecule has 6 heteroatoms. The average molecular weight is 355 g/mol. The molecular weight excluding hydrogens is 338 g/mol. The molecule has 0 aliphatic rings. The molecule has 3 aromatic carbocycles. The Morgan fingerprint density at radius 2 is 1.16 bits per heavy atom. The number of benzene rings is 3. The van der Waals surface area contributed by atoms with E-state index in [0.717, 1.165) is 0 Å². The Kier molecular flexibility index (Phi) is 6.31. The van der Waals surface area contributed by atoms with E-state index >= 15 is 0 Å². The molecule has 0 radical (unpaired) electrons. The molecule has 25 heavy (non-hydrogen) atoms. The molecule has 3 rings (SSSR count). The summed E-state index contributed by atoms with van der Waals surface area (Å²) in [5, 5.41) is 0. The van der Waals surface area contributed by atoms with Crippen LogP contribution >= 0.6 is 0 Å². The van der Waals surface area contributed by atoms with Crippen LogP contribution in [0.5, 0.6) is 5.75 Å². The fraction of sp³-hybridized carbons (Fsp3) is 0. The fourth-order valence-electron chi connectivity index (χ4n) is 1.84. The van der Waals surface area contributed by atoms with Gasteiger partial charge in [-0.2, -0.15) is 8.42 Å². The SMILES string of the molecule is NC(=O)c1ccccc1.O=S(=O)(Oc1ccccc1)c1ccccc1. The molecule has 0 heterocycles. The second-order valence-corrected chi connectivity index (χ2v) is 6.44. The second-order valence-electron chi connectivity index (χ2n) is 4.89. The molecule has 5 nitrogen and oxygen atoms in total. The predicted octanol–water partition coefficient (Wildman–Crippen LogP) is 3.24. The van der Waals surface area contributed by atoms with Gasteiger partial charge in [0.05, 0.1) is 0 Å². The topological polar surface area (TPSA) is 86.5 Å². The zero-order chi connectivity index (χ0) is 18.1. The Labute approximate surface area is 146 Å². The third kappa shape index (κ3) is 5.78. The fourth-order valence-corrected chi connectivity index (χ4v) is 2.79. The summed E-state index contributed by atoms with van der Waals surface area (Å²) in [6.07, 6.45) is 0. The number of hydrogen-bond donors (Lipinski definition) is 1. The standard InChI is InChI=1S/C12H10O3S.C7H7NO/c13-16(14,12-9-5-2-6-10-12)15-11-7-3-1-4-8-11;8-7(9)6-4-2-1-3-5-6/h1-10H;1-5H,(H2,8,9). The largest absolute Gasteiger partial charge is 0.379 e. The Balaban J connectivity index is 0.000000212. The van der Waals surface area contributed by atoms with E-state index in [0.29, 0.717) is 11.3 Å². The lowest BCUT2D eigenvalue weighted by Gasteiger charge is -2.05. The molecule has 0 aliphatic carbocycles. The number of rotatable bonds is 4. The van der Waals surface area contributed by atoms with E-state index < -0.39 is 10.1 Å². The molecule has 0 unspecified atom stereocenters. The smallest absolute Gasteiger partial charge is 0.339 e. The third-order valence-corrected chi connectivity index (χ3v) is 4.30. The molecule has 0 spiro atoms. The van der Waals surface area contributed by atoms with Gasteiger partial charge in [0.15, 0.2) is 0 Å². The first-order chi connectivity index (χ1) is 12.0. The minimum atomic E-state index is -3.71.